The highest BCUT2D eigenvalue weighted by Crippen LogP contribution is 2.23. The molecule has 0 saturated heterocycles. The maximum absolute atomic E-state index is 12.4. The van der Waals surface area contributed by atoms with E-state index in [2.05, 4.69) is 20.9 Å². The van der Waals surface area contributed by atoms with Gasteiger partial charge < -0.3 is 10.6 Å². The van der Waals surface area contributed by atoms with E-state index in [0.29, 0.717) is 28.5 Å². The van der Waals surface area contributed by atoms with Crippen molar-refractivity contribution >= 4 is 55.5 Å². The molecule has 8 heteroatoms. The molecule has 4 rings (SSSR count). The van der Waals surface area contributed by atoms with Crippen LogP contribution in [0.3, 0.4) is 0 Å². The van der Waals surface area contributed by atoms with Gasteiger partial charge in [0, 0.05) is 18.7 Å². The third-order valence-corrected chi connectivity index (χ3v) is 6.16. The fourth-order valence-electron chi connectivity index (χ4n) is 2.72. The highest BCUT2D eigenvalue weighted by molar-refractivity contribution is 7.18. The largest absolute Gasteiger partial charge is 0.351 e. The Hall–Kier alpha value is -3.23. The number of anilines is 2. The van der Waals surface area contributed by atoms with E-state index in [1.54, 1.807) is 35.6 Å². The van der Waals surface area contributed by atoms with Gasteiger partial charge in [0.15, 0.2) is 0 Å². The van der Waals surface area contributed by atoms with Crippen molar-refractivity contribution in [3.63, 3.8) is 0 Å². The van der Waals surface area contributed by atoms with E-state index in [9.17, 15) is 9.59 Å². The number of nitrogens with one attached hydrogen (secondary N) is 3. The van der Waals surface area contributed by atoms with Crippen LogP contribution in [0.5, 0.6) is 0 Å². The predicted molar refractivity (Wildman–Crippen MR) is 119 cm³/mol. The molecule has 2 heterocycles. The summed E-state index contributed by atoms with van der Waals surface area (Å²) in [6.07, 6.45) is 0.682. The maximum Gasteiger partial charge on any atom is 0.324 e. The predicted octanol–water partition coefficient (Wildman–Crippen LogP) is 4.97. The van der Waals surface area contributed by atoms with E-state index in [4.69, 9.17) is 0 Å². The number of hydrogen-bond donors (Lipinski definition) is 3. The standard InChI is InChI=1S/C21H18N4O2S2/c26-20(22-13-12-19-24-15-8-4-5-9-16(15)28-19)17-10-11-18(29-17)25-21(27)23-14-6-2-1-3-7-14/h1-11H,12-13H2,(H,22,26)(H2,23,25,27). The average molecular weight is 423 g/mol. The molecule has 0 aliphatic heterocycles. The zero-order valence-corrected chi connectivity index (χ0v) is 17.0. The van der Waals surface area contributed by atoms with Crippen LogP contribution in [-0.4, -0.2) is 23.5 Å². The van der Waals surface area contributed by atoms with Gasteiger partial charge in [-0.15, -0.1) is 22.7 Å². The Morgan fingerprint density at radius 3 is 2.48 bits per heavy atom. The van der Waals surface area contributed by atoms with E-state index in [1.165, 1.54) is 11.3 Å². The second-order valence-corrected chi connectivity index (χ2v) is 8.39. The lowest BCUT2D eigenvalue weighted by Gasteiger charge is -2.05. The fourth-order valence-corrected chi connectivity index (χ4v) is 4.50. The van der Waals surface area contributed by atoms with Gasteiger partial charge >= 0.3 is 6.03 Å². The van der Waals surface area contributed by atoms with Crippen LogP contribution in [0, 0.1) is 0 Å². The Morgan fingerprint density at radius 1 is 0.862 bits per heavy atom. The van der Waals surface area contributed by atoms with Crippen LogP contribution in [0.15, 0.2) is 66.7 Å². The van der Waals surface area contributed by atoms with Gasteiger partial charge in [0.2, 0.25) is 0 Å². The summed E-state index contributed by atoms with van der Waals surface area (Å²) in [5.41, 5.74) is 1.69. The fraction of sp³-hybridized carbons (Fsp3) is 0.0952. The number of rotatable bonds is 6. The van der Waals surface area contributed by atoms with Crippen molar-refractivity contribution in [2.45, 2.75) is 6.42 Å². The van der Waals surface area contributed by atoms with E-state index in [0.717, 1.165) is 15.2 Å². The Balaban J connectivity index is 1.27. The number of carbonyl (C=O) groups is 2. The third-order valence-electron chi connectivity index (χ3n) is 4.06. The molecule has 146 valence electrons. The molecule has 0 unspecified atom stereocenters. The second-order valence-electron chi connectivity index (χ2n) is 6.19. The van der Waals surface area contributed by atoms with Crippen molar-refractivity contribution in [3.8, 4) is 0 Å². The van der Waals surface area contributed by atoms with Gasteiger partial charge in [0.1, 0.15) is 0 Å². The quantitative estimate of drug-likeness (QED) is 0.410. The Morgan fingerprint density at radius 2 is 1.66 bits per heavy atom. The van der Waals surface area contributed by atoms with Crippen molar-refractivity contribution in [3.05, 3.63) is 76.6 Å². The molecule has 2 aromatic heterocycles. The number of amides is 3. The second kappa shape index (κ2) is 8.85. The molecule has 0 fully saturated rings. The number of nitrogens with zero attached hydrogens (tertiary/aromatic N) is 1. The van der Waals surface area contributed by atoms with Gasteiger partial charge in [-0.05, 0) is 36.4 Å². The minimum atomic E-state index is -0.346. The van der Waals surface area contributed by atoms with Crippen molar-refractivity contribution in [1.29, 1.82) is 0 Å². The summed E-state index contributed by atoms with van der Waals surface area (Å²) in [7, 11) is 0. The van der Waals surface area contributed by atoms with Crippen LogP contribution < -0.4 is 16.0 Å². The Bertz CT molecular complexity index is 1100. The number of para-hydroxylation sites is 2. The molecular formula is C21H18N4O2S2. The summed E-state index contributed by atoms with van der Waals surface area (Å²) >= 11 is 2.88. The molecule has 3 N–H and O–H groups in total. The van der Waals surface area contributed by atoms with Gasteiger partial charge in [-0.2, -0.15) is 0 Å². The summed E-state index contributed by atoms with van der Waals surface area (Å²) in [6, 6.07) is 20.3. The van der Waals surface area contributed by atoms with E-state index in [-0.39, 0.29) is 11.9 Å². The SMILES string of the molecule is O=C(Nc1ccccc1)Nc1ccc(C(=O)NCCc2nc3ccccc3s2)s1. The number of aromatic nitrogens is 1. The van der Waals surface area contributed by atoms with E-state index >= 15 is 0 Å². The van der Waals surface area contributed by atoms with Crippen molar-refractivity contribution in [1.82, 2.24) is 10.3 Å². The van der Waals surface area contributed by atoms with Crippen LogP contribution in [0.25, 0.3) is 10.2 Å². The molecule has 4 aromatic rings. The molecule has 0 aliphatic rings. The van der Waals surface area contributed by atoms with Crippen LogP contribution in [0.1, 0.15) is 14.7 Å². The summed E-state index contributed by atoms with van der Waals surface area (Å²) in [5, 5.41) is 10.00. The average Bonchev–Trinajstić information content (AvgIpc) is 3.35. The zero-order valence-electron chi connectivity index (χ0n) is 15.3. The summed E-state index contributed by atoms with van der Waals surface area (Å²) in [6.45, 7) is 0.508. The van der Waals surface area contributed by atoms with Crippen molar-refractivity contribution in [2.75, 3.05) is 17.2 Å². The van der Waals surface area contributed by atoms with Crippen LogP contribution in [0.2, 0.25) is 0 Å². The highest BCUT2D eigenvalue weighted by atomic mass is 32.1. The summed E-state index contributed by atoms with van der Waals surface area (Å²) in [4.78, 5) is 29.5. The van der Waals surface area contributed by atoms with E-state index in [1.807, 2.05) is 42.5 Å². The van der Waals surface area contributed by atoms with Gasteiger partial charge in [-0.3, -0.25) is 10.1 Å². The number of benzene rings is 2. The number of urea groups is 1. The number of fused-ring (bicyclic) bond motifs is 1. The monoisotopic (exact) mass is 422 g/mol. The van der Waals surface area contributed by atoms with Crippen LogP contribution in [0.4, 0.5) is 15.5 Å². The molecule has 0 aliphatic carbocycles. The minimum absolute atomic E-state index is 0.160. The number of carbonyl (C=O) groups excluding carboxylic acids is 2. The summed E-state index contributed by atoms with van der Waals surface area (Å²) < 4.78 is 1.15. The van der Waals surface area contributed by atoms with E-state index < -0.39 is 0 Å². The number of thiazole rings is 1. The first-order chi connectivity index (χ1) is 14.2. The molecule has 0 saturated carbocycles. The minimum Gasteiger partial charge on any atom is -0.351 e. The lowest BCUT2D eigenvalue weighted by atomic mass is 10.3. The van der Waals surface area contributed by atoms with Gasteiger partial charge in [-0.1, -0.05) is 30.3 Å². The Kier molecular flexibility index (Phi) is 5.83. The first kappa shape index (κ1) is 19.1. The molecule has 2 aromatic carbocycles. The lowest BCUT2D eigenvalue weighted by Crippen LogP contribution is -2.24. The highest BCUT2D eigenvalue weighted by Gasteiger charge is 2.11. The Labute approximate surface area is 175 Å². The molecule has 29 heavy (non-hydrogen) atoms. The molecule has 0 atom stereocenters. The first-order valence-corrected chi connectivity index (χ1v) is 10.7. The molecule has 0 spiro atoms. The topological polar surface area (TPSA) is 83.1 Å². The van der Waals surface area contributed by atoms with Gasteiger partial charge in [-0.25, -0.2) is 9.78 Å². The maximum atomic E-state index is 12.4. The first-order valence-electron chi connectivity index (χ1n) is 9.03. The summed E-state index contributed by atoms with van der Waals surface area (Å²) in [5.74, 6) is -0.160. The third kappa shape index (κ3) is 4.98. The van der Waals surface area contributed by atoms with Crippen LogP contribution in [-0.2, 0) is 6.42 Å². The lowest BCUT2D eigenvalue weighted by molar-refractivity contribution is 0.0958. The normalized spacial score (nSPS) is 10.6. The zero-order chi connectivity index (χ0) is 20.1. The van der Waals surface area contributed by atoms with Crippen LogP contribution >= 0.6 is 22.7 Å². The van der Waals surface area contributed by atoms with Gasteiger partial charge in [0.25, 0.3) is 5.91 Å². The molecular weight excluding hydrogens is 404 g/mol. The molecule has 3 amide bonds. The molecule has 0 radical (unpaired) electrons. The van der Waals surface area contributed by atoms with Crippen molar-refractivity contribution in [2.24, 2.45) is 0 Å². The smallest absolute Gasteiger partial charge is 0.324 e. The van der Waals surface area contributed by atoms with Crippen molar-refractivity contribution < 1.29 is 9.59 Å². The number of hydrogen-bond acceptors (Lipinski definition) is 5. The number of thiophene rings is 1. The van der Waals surface area contributed by atoms with Gasteiger partial charge in [0.05, 0.1) is 25.1 Å². The molecule has 6 nitrogen and oxygen atoms in total. The molecule has 0 bridgehead atoms.